The first-order chi connectivity index (χ1) is 10.8. The van der Waals surface area contributed by atoms with Crippen LogP contribution in [-0.4, -0.2) is 37.1 Å². The Bertz CT molecular complexity index is 724. The number of carbonyl (C=O) groups excluding carboxylic acids is 1. The lowest BCUT2D eigenvalue weighted by Gasteiger charge is -2.29. The van der Waals surface area contributed by atoms with Crippen molar-refractivity contribution in [2.45, 2.75) is 69.9 Å². The Kier molecular flexibility index (Phi) is 5.05. The van der Waals surface area contributed by atoms with E-state index in [1.165, 1.54) is 11.3 Å². The number of amides is 1. The monoisotopic (exact) mass is 374 g/mol. The predicted octanol–water partition coefficient (Wildman–Crippen LogP) is 3.12. The summed E-state index contributed by atoms with van der Waals surface area (Å²) in [5, 5.41) is 0. The molecule has 24 heavy (non-hydrogen) atoms. The van der Waals surface area contributed by atoms with E-state index in [0.29, 0.717) is 23.7 Å². The van der Waals surface area contributed by atoms with Gasteiger partial charge in [-0.15, -0.1) is 11.3 Å². The van der Waals surface area contributed by atoms with Crippen LogP contribution in [0.25, 0.3) is 0 Å². The first-order valence-corrected chi connectivity index (χ1v) is 10.2. The number of fused-ring (bicyclic) bond motifs is 1. The van der Waals surface area contributed by atoms with Crippen LogP contribution >= 0.6 is 11.3 Å². The van der Waals surface area contributed by atoms with E-state index in [9.17, 15) is 13.2 Å². The van der Waals surface area contributed by atoms with Crippen LogP contribution in [-0.2, 0) is 27.7 Å². The fraction of sp³-hybridized carbons (Fsp3) is 0.688. The quantitative estimate of drug-likeness (QED) is 0.863. The number of carbonyl (C=O) groups is 1. The number of nitrogens with zero attached hydrogens (tertiary/aromatic N) is 1. The molecule has 2 rings (SSSR count). The molecule has 8 heteroatoms. The third-order valence-corrected chi connectivity index (χ3v) is 6.67. The van der Waals surface area contributed by atoms with Crippen LogP contribution in [0.2, 0.25) is 0 Å². The largest absolute Gasteiger partial charge is 0.444 e. The Hall–Kier alpha value is -1.12. The van der Waals surface area contributed by atoms with Crippen molar-refractivity contribution in [1.82, 2.24) is 9.62 Å². The molecule has 1 aliphatic rings. The van der Waals surface area contributed by atoms with E-state index in [1.54, 1.807) is 11.0 Å². The van der Waals surface area contributed by atoms with Gasteiger partial charge in [0.2, 0.25) is 0 Å². The number of rotatable bonds is 2. The van der Waals surface area contributed by atoms with Crippen molar-refractivity contribution in [3.05, 3.63) is 16.5 Å². The summed E-state index contributed by atoms with van der Waals surface area (Å²) < 4.78 is 33.3. The van der Waals surface area contributed by atoms with Crippen molar-refractivity contribution in [3.8, 4) is 0 Å². The lowest BCUT2D eigenvalue weighted by Crippen LogP contribution is -2.40. The molecule has 0 bridgehead atoms. The first kappa shape index (κ1) is 19.2. The summed E-state index contributed by atoms with van der Waals surface area (Å²) in [5.74, 6) is 0. The van der Waals surface area contributed by atoms with Gasteiger partial charge in [-0.25, -0.2) is 17.9 Å². The molecule has 0 unspecified atom stereocenters. The lowest BCUT2D eigenvalue weighted by molar-refractivity contribution is 0.0225. The molecule has 0 aromatic carbocycles. The summed E-state index contributed by atoms with van der Waals surface area (Å²) in [4.78, 5) is 14.8. The maximum Gasteiger partial charge on any atom is 0.410 e. The van der Waals surface area contributed by atoms with E-state index in [2.05, 4.69) is 4.72 Å². The van der Waals surface area contributed by atoms with Crippen molar-refractivity contribution in [1.29, 1.82) is 0 Å². The van der Waals surface area contributed by atoms with Crippen LogP contribution in [0.15, 0.2) is 10.3 Å². The van der Waals surface area contributed by atoms with Crippen LogP contribution in [0, 0.1) is 0 Å². The molecular formula is C16H26N2O4S2. The summed E-state index contributed by atoms with van der Waals surface area (Å²) in [6.45, 7) is 11.8. The Morgan fingerprint density at radius 2 is 1.88 bits per heavy atom. The van der Waals surface area contributed by atoms with Gasteiger partial charge in [-0.3, -0.25) is 0 Å². The topological polar surface area (TPSA) is 75.7 Å². The summed E-state index contributed by atoms with van der Waals surface area (Å²) in [7, 11) is -3.54. The molecule has 0 fully saturated rings. The van der Waals surface area contributed by atoms with Gasteiger partial charge in [-0.1, -0.05) is 0 Å². The van der Waals surface area contributed by atoms with Gasteiger partial charge >= 0.3 is 6.09 Å². The molecule has 6 nitrogen and oxygen atoms in total. The molecule has 0 saturated heterocycles. The highest BCUT2D eigenvalue weighted by Gasteiger charge is 2.30. The maximum atomic E-state index is 12.5. The third kappa shape index (κ3) is 4.94. The second-order valence-electron chi connectivity index (χ2n) is 8.02. The molecule has 1 N–H and O–H groups in total. The molecule has 2 heterocycles. The zero-order valence-corrected chi connectivity index (χ0v) is 16.7. The summed E-state index contributed by atoms with van der Waals surface area (Å²) >= 11 is 1.28. The molecule has 0 radical (unpaired) electrons. The lowest BCUT2D eigenvalue weighted by atomic mass is 10.1. The SMILES string of the molecule is CC(C)(C)NS(=O)(=O)c1cc2c(s1)CCN(C(=O)OC(C)(C)C)C2. The molecular weight excluding hydrogens is 348 g/mol. The molecule has 1 aliphatic heterocycles. The summed E-state index contributed by atoms with van der Waals surface area (Å²) in [5.41, 5.74) is -0.199. The van der Waals surface area contributed by atoms with E-state index in [1.807, 2.05) is 41.5 Å². The van der Waals surface area contributed by atoms with E-state index in [-0.39, 0.29) is 6.09 Å². The highest BCUT2D eigenvalue weighted by Crippen LogP contribution is 2.32. The van der Waals surface area contributed by atoms with Gasteiger partial charge in [0.25, 0.3) is 10.0 Å². The van der Waals surface area contributed by atoms with Crippen LogP contribution in [0.5, 0.6) is 0 Å². The average molecular weight is 375 g/mol. The van der Waals surface area contributed by atoms with E-state index < -0.39 is 21.2 Å². The molecule has 136 valence electrons. The molecule has 0 atom stereocenters. The zero-order chi connectivity index (χ0) is 18.3. The molecule has 0 spiro atoms. The molecule has 1 aromatic rings. The zero-order valence-electron chi connectivity index (χ0n) is 15.1. The smallest absolute Gasteiger partial charge is 0.410 e. The third-order valence-electron chi connectivity index (χ3n) is 3.20. The Balaban J connectivity index is 2.17. The van der Waals surface area contributed by atoms with Crippen LogP contribution in [0.3, 0.4) is 0 Å². The Labute approximate surface area is 148 Å². The second-order valence-corrected chi connectivity index (χ2v) is 11.1. The molecule has 0 aliphatic carbocycles. The fourth-order valence-electron chi connectivity index (χ4n) is 2.37. The number of sulfonamides is 1. The number of hydrogen-bond donors (Lipinski definition) is 1. The van der Waals surface area contributed by atoms with Gasteiger partial charge in [0.15, 0.2) is 0 Å². The van der Waals surface area contributed by atoms with Crippen LogP contribution in [0.4, 0.5) is 4.79 Å². The normalized spacial score (nSPS) is 16.0. The Morgan fingerprint density at radius 3 is 2.42 bits per heavy atom. The Morgan fingerprint density at radius 1 is 1.25 bits per heavy atom. The standard InChI is InChI=1S/C16H26N2O4S2/c1-15(2,3)17-24(20,21)13-9-11-10-18(8-7-12(11)23-13)14(19)22-16(4,5)6/h9,17H,7-8,10H2,1-6H3. The number of hydrogen-bond acceptors (Lipinski definition) is 5. The minimum atomic E-state index is -3.54. The van der Waals surface area contributed by atoms with Gasteiger partial charge in [-0.05, 0) is 59.6 Å². The van der Waals surface area contributed by atoms with Crippen molar-refractivity contribution in [3.63, 3.8) is 0 Å². The highest BCUT2D eigenvalue weighted by molar-refractivity contribution is 7.91. The first-order valence-electron chi connectivity index (χ1n) is 7.90. The average Bonchev–Trinajstić information content (AvgIpc) is 2.77. The fourth-order valence-corrected chi connectivity index (χ4v) is 5.34. The number of thiophene rings is 1. The van der Waals surface area contributed by atoms with E-state index in [4.69, 9.17) is 4.74 Å². The van der Waals surface area contributed by atoms with Crippen LogP contribution in [0.1, 0.15) is 52.0 Å². The van der Waals surface area contributed by atoms with E-state index >= 15 is 0 Å². The van der Waals surface area contributed by atoms with Gasteiger partial charge in [0.1, 0.15) is 9.81 Å². The summed E-state index contributed by atoms with van der Waals surface area (Å²) in [6, 6.07) is 1.67. The summed E-state index contributed by atoms with van der Waals surface area (Å²) in [6.07, 6.45) is 0.279. The second kappa shape index (κ2) is 6.31. The van der Waals surface area contributed by atoms with Crippen molar-refractivity contribution >= 4 is 27.5 Å². The molecule has 1 aromatic heterocycles. The molecule has 1 amide bonds. The number of nitrogens with one attached hydrogen (secondary N) is 1. The maximum absolute atomic E-state index is 12.5. The van der Waals surface area contributed by atoms with Gasteiger partial charge in [0.05, 0.1) is 6.54 Å². The minimum Gasteiger partial charge on any atom is -0.444 e. The molecule has 0 saturated carbocycles. The van der Waals surface area contributed by atoms with Crippen molar-refractivity contribution in [2.75, 3.05) is 6.54 Å². The van der Waals surface area contributed by atoms with Gasteiger partial charge in [0, 0.05) is 17.0 Å². The highest BCUT2D eigenvalue weighted by atomic mass is 32.2. The van der Waals surface area contributed by atoms with Crippen LogP contribution < -0.4 is 4.72 Å². The van der Waals surface area contributed by atoms with Gasteiger partial charge in [-0.2, -0.15) is 0 Å². The van der Waals surface area contributed by atoms with Gasteiger partial charge < -0.3 is 9.64 Å². The minimum absolute atomic E-state index is 0.300. The van der Waals surface area contributed by atoms with Crippen molar-refractivity contribution < 1.29 is 17.9 Å². The number of ether oxygens (including phenoxy) is 1. The predicted molar refractivity (Wildman–Crippen MR) is 94.7 cm³/mol. The van der Waals surface area contributed by atoms with E-state index in [0.717, 1.165) is 10.4 Å². The van der Waals surface area contributed by atoms with Crippen molar-refractivity contribution in [2.24, 2.45) is 0 Å².